The van der Waals surface area contributed by atoms with Crippen LogP contribution in [0.5, 0.6) is 5.75 Å². The van der Waals surface area contributed by atoms with E-state index in [0.29, 0.717) is 15.2 Å². The molecule has 170 valence electrons. The van der Waals surface area contributed by atoms with Gasteiger partial charge in [0.1, 0.15) is 17.4 Å². The van der Waals surface area contributed by atoms with Gasteiger partial charge in [0.05, 0.1) is 5.57 Å². The van der Waals surface area contributed by atoms with Crippen molar-refractivity contribution >= 4 is 51.4 Å². The predicted octanol–water partition coefficient (Wildman–Crippen LogP) is 5.45. The van der Waals surface area contributed by atoms with Crippen molar-refractivity contribution in [3.63, 3.8) is 0 Å². The van der Waals surface area contributed by atoms with Crippen LogP contribution in [0.2, 0.25) is 5.02 Å². The van der Waals surface area contributed by atoms with Gasteiger partial charge in [-0.3, -0.25) is 10.2 Å². The number of rotatable bonds is 5. The van der Waals surface area contributed by atoms with E-state index in [0.717, 1.165) is 28.4 Å². The standard InChI is InChI=1S/C25H20ClN5O2S/c1-15-12-17(16(2)30(15)19-10-8-18(26)9-11-19)13-21-23(27)31-25(28-24(21)32)34-22(29-31)14-33-20-6-4-3-5-7-20/h3-13,27H,14H2,1-2H3/b21-13+,27-23?. The number of carbonyl (C=O) groups excluding carboxylic acids is 1. The number of amides is 1. The number of halogens is 1. The molecule has 0 radical (unpaired) electrons. The molecule has 0 saturated carbocycles. The van der Waals surface area contributed by atoms with E-state index >= 15 is 0 Å². The summed E-state index contributed by atoms with van der Waals surface area (Å²) in [5, 5.41) is 16.1. The molecule has 0 atom stereocenters. The minimum atomic E-state index is -0.458. The maximum absolute atomic E-state index is 12.8. The van der Waals surface area contributed by atoms with Crippen LogP contribution in [0.3, 0.4) is 0 Å². The number of hydrogen-bond acceptors (Lipinski definition) is 5. The molecule has 5 rings (SSSR count). The molecule has 1 amide bonds. The third kappa shape index (κ3) is 4.18. The molecule has 0 aliphatic carbocycles. The van der Waals surface area contributed by atoms with Crippen LogP contribution in [0.15, 0.2) is 76.3 Å². The number of hydrogen-bond donors (Lipinski definition) is 1. The molecule has 2 aliphatic heterocycles. The van der Waals surface area contributed by atoms with E-state index in [1.807, 2.05) is 74.5 Å². The summed E-state index contributed by atoms with van der Waals surface area (Å²) in [4.78, 5) is 17.0. The molecule has 0 bridgehead atoms. The summed E-state index contributed by atoms with van der Waals surface area (Å²) < 4.78 is 7.83. The lowest BCUT2D eigenvalue weighted by molar-refractivity contribution is -0.114. The Balaban J connectivity index is 1.41. The van der Waals surface area contributed by atoms with Gasteiger partial charge in [-0.15, -0.1) is 0 Å². The first-order valence-corrected chi connectivity index (χ1v) is 11.7. The van der Waals surface area contributed by atoms with Crippen LogP contribution in [-0.4, -0.2) is 38.1 Å². The number of fused-ring (bicyclic) bond motifs is 1. The van der Waals surface area contributed by atoms with E-state index < -0.39 is 5.91 Å². The summed E-state index contributed by atoms with van der Waals surface area (Å²) in [6.07, 6.45) is 1.71. The molecule has 0 spiro atoms. The van der Waals surface area contributed by atoms with Crippen molar-refractivity contribution in [3.8, 4) is 11.4 Å². The monoisotopic (exact) mass is 489 g/mol. The van der Waals surface area contributed by atoms with Crippen molar-refractivity contribution in [1.82, 2.24) is 9.58 Å². The van der Waals surface area contributed by atoms with Crippen molar-refractivity contribution < 1.29 is 9.53 Å². The third-order valence-corrected chi connectivity index (χ3v) is 6.59. The highest BCUT2D eigenvalue weighted by molar-refractivity contribution is 8.27. The predicted molar refractivity (Wildman–Crippen MR) is 137 cm³/mol. The number of aromatic nitrogens is 1. The fraction of sp³-hybridized carbons (Fsp3) is 0.120. The Labute approximate surface area is 205 Å². The van der Waals surface area contributed by atoms with E-state index in [1.165, 1.54) is 16.8 Å². The van der Waals surface area contributed by atoms with Crippen LogP contribution in [0.1, 0.15) is 17.0 Å². The first-order valence-electron chi connectivity index (χ1n) is 10.5. The molecule has 0 fully saturated rings. The molecule has 0 saturated heterocycles. The molecule has 1 N–H and O–H groups in total. The minimum Gasteiger partial charge on any atom is -0.487 e. The van der Waals surface area contributed by atoms with Crippen LogP contribution < -0.4 is 4.74 Å². The Morgan fingerprint density at radius 3 is 2.59 bits per heavy atom. The number of amidine groups is 2. The Morgan fingerprint density at radius 1 is 1.12 bits per heavy atom. The summed E-state index contributed by atoms with van der Waals surface area (Å²) in [6.45, 7) is 4.20. The first-order chi connectivity index (χ1) is 16.4. The van der Waals surface area contributed by atoms with Crippen molar-refractivity contribution in [1.29, 1.82) is 5.41 Å². The second-order valence-electron chi connectivity index (χ2n) is 7.75. The van der Waals surface area contributed by atoms with Crippen molar-refractivity contribution in [3.05, 3.63) is 88.2 Å². The fourth-order valence-corrected chi connectivity index (χ4v) is 4.75. The van der Waals surface area contributed by atoms with Gasteiger partial charge in [0.2, 0.25) is 5.17 Å². The zero-order valence-corrected chi connectivity index (χ0v) is 20.0. The molecule has 2 aromatic carbocycles. The molecule has 0 unspecified atom stereocenters. The van der Waals surface area contributed by atoms with E-state index in [1.54, 1.807) is 6.08 Å². The van der Waals surface area contributed by atoms with E-state index in [9.17, 15) is 4.79 Å². The smallest absolute Gasteiger partial charge is 0.283 e. The molecule has 7 nitrogen and oxygen atoms in total. The van der Waals surface area contributed by atoms with Gasteiger partial charge in [0.15, 0.2) is 5.84 Å². The van der Waals surface area contributed by atoms with E-state index in [4.69, 9.17) is 21.7 Å². The number of hydrazone groups is 1. The Hall–Kier alpha value is -3.62. The Bertz CT molecular complexity index is 1390. The SMILES string of the molecule is Cc1cc(/C=C2\C(=N)N3N=C(COc4ccccc4)SC3=NC2=O)c(C)n1-c1ccc(Cl)cc1. The third-order valence-electron chi connectivity index (χ3n) is 5.46. The van der Waals surface area contributed by atoms with Crippen LogP contribution in [-0.2, 0) is 4.79 Å². The summed E-state index contributed by atoms with van der Waals surface area (Å²) in [5.74, 6) is 0.259. The number of para-hydroxylation sites is 1. The molecule has 9 heteroatoms. The molecule has 34 heavy (non-hydrogen) atoms. The van der Waals surface area contributed by atoms with Gasteiger partial charge < -0.3 is 9.30 Å². The molecule has 3 heterocycles. The quantitative estimate of drug-likeness (QED) is 0.483. The average Bonchev–Trinajstić information content (AvgIpc) is 3.36. The van der Waals surface area contributed by atoms with Gasteiger partial charge in [0.25, 0.3) is 5.91 Å². The Kier molecular flexibility index (Phi) is 5.85. The van der Waals surface area contributed by atoms with Gasteiger partial charge in [-0.05, 0) is 79.7 Å². The summed E-state index contributed by atoms with van der Waals surface area (Å²) >= 11 is 7.27. The highest BCUT2D eigenvalue weighted by Crippen LogP contribution is 2.30. The molecule has 3 aromatic rings. The van der Waals surface area contributed by atoms with Gasteiger partial charge >= 0.3 is 0 Å². The fourth-order valence-electron chi connectivity index (χ4n) is 3.83. The highest BCUT2D eigenvalue weighted by atomic mass is 35.5. The van der Waals surface area contributed by atoms with Gasteiger partial charge in [-0.25, -0.2) is 0 Å². The van der Waals surface area contributed by atoms with Gasteiger partial charge in [-0.1, -0.05) is 29.8 Å². The lowest BCUT2D eigenvalue weighted by Crippen LogP contribution is -2.35. The second kappa shape index (κ2) is 8.96. The van der Waals surface area contributed by atoms with Crippen LogP contribution in [0.4, 0.5) is 0 Å². The number of aliphatic imine (C=N–C) groups is 1. The maximum Gasteiger partial charge on any atom is 0.283 e. The van der Waals surface area contributed by atoms with E-state index in [2.05, 4.69) is 14.7 Å². The van der Waals surface area contributed by atoms with E-state index in [-0.39, 0.29) is 18.0 Å². The molecule has 2 aliphatic rings. The minimum absolute atomic E-state index is 0.00601. The normalized spacial score (nSPS) is 16.6. The summed E-state index contributed by atoms with van der Waals surface area (Å²) in [6, 6.07) is 19.0. The highest BCUT2D eigenvalue weighted by Gasteiger charge is 2.36. The molecular weight excluding hydrogens is 470 g/mol. The molecular formula is C25H20ClN5O2S. The summed E-state index contributed by atoms with van der Waals surface area (Å²) in [7, 11) is 0. The lowest BCUT2D eigenvalue weighted by Gasteiger charge is -2.20. The van der Waals surface area contributed by atoms with Crippen molar-refractivity contribution in [2.24, 2.45) is 10.1 Å². The first kappa shape index (κ1) is 22.2. The zero-order valence-electron chi connectivity index (χ0n) is 18.4. The Morgan fingerprint density at radius 2 is 1.85 bits per heavy atom. The number of ether oxygens (including phenoxy) is 1. The molecule has 1 aromatic heterocycles. The van der Waals surface area contributed by atoms with Crippen LogP contribution in [0, 0.1) is 19.3 Å². The number of nitrogens with zero attached hydrogens (tertiary/aromatic N) is 4. The van der Waals surface area contributed by atoms with Crippen molar-refractivity contribution in [2.45, 2.75) is 13.8 Å². The number of nitrogens with one attached hydrogen (secondary N) is 1. The van der Waals surface area contributed by atoms with Gasteiger partial charge in [0, 0.05) is 22.1 Å². The topological polar surface area (TPSA) is 83.0 Å². The van der Waals surface area contributed by atoms with Crippen LogP contribution >= 0.6 is 23.4 Å². The van der Waals surface area contributed by atoms with Crippen molar-refractivity contribution in [2.75, 3.05) is 6.61 Å². The number of thioether (sulfide) groups is 1. The average molecular weight is 490 g/mol. The number of benzene rings is 2. The largest absolute Gasteiger partial charge is 0.487 e. The maximum atomic E-state index is 12.8. The second-order valence-corrected chi connectivity index (χ2v) is 9.23. The van der Waals surface area contributed by atoms with Crippen LogP contribution in [0.25, 0.3) is 11.8 Å². The number of aryl methyl sites for hydroxylation is 1. The summed E-state index contributed by atoms with van der Waals surface area (Å²) in [5.41, 5.74) is 3.94. The van der Waals surface area contributed by atoms with Gasteiger partial charge in [-0.2, -0.15) is 15.1 Å². The lowest BCUT2D eigenvalue weighted by atomic mass is 10.1. The zero-order chi connectivity index (χ0) is 23.8. The number of carbonyl (C=O) groups is 1.